The molecule has 63 heavy (non-hydrogen) atoms. The molecule has 0 aromatic heterocycles. The van der Waals surface area contributed by atoms with Gasteiger partial charge in [-0.05, 0) is 83.5 Å². The van der Waals surface area contributed by atoms with Crippen molar-refractivity contribution >= 4 is 11.9 Å². The number of aliphatic hydroxyl groups excluding tert-OH is 2. The molecule has 1 amide bonds. The normalized spacial score (nSPS) is 13.7. The minimum atomic E-state index is -0.802. The first-order valence-electron chi connectivity index (χ1n) is 27.0. The number of aliphatic hydroxyl groups is 2. The molecule has 0 aromatic rings. The molecule has 3 atom stereocenters. The van der Waals surface area contributed by atoms with E-state index in [2.05, 4.69) is 86.8 Å². The van der Waals surface area contributed by atoms with Gasteiger partial charge in [-0.15, -0.1) is 0 Å². The van der Waals surface area contributed by atoms with Gasteiger partial charge in [0.2, 0.25) is 5.91 Å². The van der Waals surface area contributed by atoms with Crippen LogP contribution in [0.25, 0.3) is 0 Å². The van der Waals surface area contributed by atoms with Crippen LogP contribution in [0, 0.1) is 0 Å². The third kappa shape index (κ3) is 45.9. The number of unbranched alkanes of at least 4 members (excludes halogenated alkanes) is 27. The SMILES string of the molecule is CC/C=C/C/C=C/C/C=C/CCCCC(CC(=O)NC(CO)C(O)CCCCCCCCCCCCCCCC)OC(=O)CCCCCCC/C=C/C=C/CCCCCCCCC. The fraction of sp³-hybridized carbons (Fsp3) is 0.789. The Labute approximate surface area is 390 Å². The molecule has 0 bridgehead atoms. The van der Waals surface area contributed by atoms with E-state index in [0.29, 0.717) is 19.3 Å². The second kappa shape index (κ2) is 50.6. The summed E-state index contributed by atoms with van der Waals surface area (Å²) in [5.74, 6) is -0.527. The minimum Gasteiger partial charge on any atom is -0.462 e. The Hall–Kier alpha value is -2.44. The van der Waals surface area contributed by atoms with E-state index >= 15 is 0 Å². The average molecular weight is 882 g/mol. The van der Waals surface area contributed by atoms with Crippen molar-refractivity contribution in [3.63, 3.8) is 0 Å². The lowest BCUT2D eigenvalue weighted by Crippen LogP contribution is -2.46. The lowest BCUT2D eigenvalue weighted by molar-refractivity contribution is -0.151. The van der Waals surface area contributed by atoms with Crippen LogP contribution < -0.4 is 5.32 Å². The van der Waals surface area contributed by atoms with E-state index in [9.17, 15) is 19.8 Å². The molecular formula is C57H103NO5. The zero-order valence-corrected chi connectivity index (χ0v) is 41.7. The van der Waals surface area contributed by atoms with Crippen LogP contribution in [-0.2, 0) is 14.3 Å². The third-order valence-electron chi connectivity index (χ3n) is 12.1. The Morgan fingerprint density at radius 3 is 1.41 bits per heavy atom. The molecule has 0 radical (unpaired) electrons. The van der Waals surface area contributed by atoms with Gasteiger partial charge in [-0.2, -0.15) is 0 Å². The summed E-state index contributed by atoms with van der Waals surface area (Å²) in [6.07, 6.45) is 62.9. The number of ether oxygens (including phenoxy) is 1. The number of amides is 1. The first kappa shape index (κ1) is 60.6. The number of esters is 1. The molecule has 0 rings (SSSR count). The standard InChI is InChI=1S/C57H103NO5/c1-4-7-10-13-16-19-22-25-27-28-29-30-32-35-38-41-44-47-50-57(62)63-53(48-45-42-39-36-33-24-21-18-15-12-9-6-3)51-56(61)58-54(52-59)55(60)49-46-43-40-37-34-31-26-23-20-17-14-11-8-5-2/h9,12,18,21,27-30,33,36,53-55,59-60H,4-8,10-11,13-17,19-20,22-26,31-32,34-35,37-52H2,1-3H3,(H,58,61)/b12-9+,21-18+,28-27+,30-29+,36-33+. The van der Waals surface area contributed by atoms with Gasteiger partial charge in [0.1, 0.15) is 6.10 Å². The van der Waals surface area contributed by atoms with E-state index in [4.69, 9.17) is 4.74 Å². The molecule has 366 valence electrons. The van der Waals surface area contributed by atoms with Crippen LogP contribution in [0.5, 0.6) is 0 Å². The number of carbonyl (C=O) groups excluding carboxylic acids is 2. The Balaban J connectivity index is 4.58. The van der Waals surface area contributed by atoms with Gasteiger partial charge in [0.25, 0.3) is 0 Å². The van der Waals surface area contributed by atoms with Crippen LogP contribution in [0.4, 0.5) is 0 Å². The summed E-state index contributed by atoms with van der Waals surface area (Å²) in [6, 6.07) is -0.718. The average Bonchev–Trinajstić information content (AvgIpc) is 3.28. The van der Waals surface area contributed by atoms with Crippen LogP contribution in [-0.4, -0.2) is 46.9 Å². The van der Waals surface area contributed by atoms with Gasteiger partial charge in [0.05, 0.1) is 25.2 Å². The quantitative estimate of drug-likeness (QED) is 0.0245. The Kier molecular flexibility index (Phi) is 48.6. The van der Waals surface area contributed by atoms with Crippen LogP contribution in [0.2, 0.25) is 0 Å². The van der Waals surface area contributed by atoms with E-state index in [1.807, 2.05) is 0 Å². The molecule has 0 spiro atoms. The van der Waals surface area contributed by atoms with Gasteiger partial charge in [0, 0.05) is 6.42 Å². The van der Waals surface area contributed by atoms with Crippen LogP contribution in [0.3, 0.4) is 0 Å². The zero-order chi connectivity index (χ0) is 45.9. The summed E-state index contributed by atoms with van der Waals surface area (Å²) in [6.45, 7) is 6.36. The maximum Gasteiger partial charge on any atom is 0.306 e. The monoisotopic (exact) mass is 882 g/mol. The minimum absolute atomic E-state index is 0.0444. The Morgan fingerprint density at radius 2 is 0.905 bits per heavy atom. The summed E-state index contributed by atoms with van der Waals surface area (Å²) >= 11 is 0. The first-order valence-corrected chi connectivity index (χ1v) is 27.0. The van der Waals surface area contributed by atoms with Crippen molar-refractivity contribution in [1.82, 2.24) is 5.32 Å². The van der Waals surface area contributed by atoms with Crippen LogP contribution >= 0.6 is 0 Å². The summed E-state index contributed by atoms with van der Waals surface area (Å²) < 4.78 is 5.91. The fourth-order valence-corrected chi connectivity index (χ4v) is 8.02. The fourth-order valence-electron chi connectivity index (χ4n) is 8.02. The van der Waals surface area contributed by atoms with Crippen molar-refractivity contribution in [2.24, 2.45) is 0 Å². The van der Waals surface area contributed by atoms with E-state index in [0.717, 1.165) is 96.3 Å². The van der Waals surface area contributed by atoms with Gasteiger partial charge in [-0.1, -0.05) is 229 Å². The molecule has 0 heterocycles. The van der Waals surface area contributed by atoms with Crippen molar-refractivity contribution in [3.05, 3.63) is 60.8 Å². The molecular weight excluding hydrogens is 779 g/mol. The molecule has 6 nitrogen and oxygen atoms in total. The van der Waals surface area contributed by atoms with Gasteiger partial charge >= 0.3 is 5.97 Å². The zero-order valence-electron chi connectivity index (χ0n) is 41.7. The first-order chi connectivity index (χ1) is 31.0. The number of hydrogen-bond acceptors (Lipinski definition) is 5. The highest BCUT2D eigenvalue weighted by Crippen LogP contribution is 2.17. The summed E-state index contributed by atoms with van der Waals surface area (Å²) in [4.78, 5) is 26.2. The van der Waals surface area contributed by atoms with Crippen molar-refractivity contribution in [2.45, 2.75) is 283 Å². The molecule has 3 unspecified atom stereocenters. The topological polar surface area (TPSA) is 95.9 Å². The second-order valence-electron chi connectivity index (χ2n) is 18.3. The van der Waals surface area contributed by atoms with Gasteiger partial charge < -0.3 is 20.3 Å². The maximum absolute atomic E-state index is 13.2. The predicted molar refractivity (Wildman–Crippen MR) is 273 cm³/mol. The lowest BCUT2D eigenvalue weighted by atomic mass is 10.0. The van der Waals surface area contributed by atoms with Crippen molar-refractivity contribution in [3.8, 4) is 0 Å². The molecule has 0 aliphatic carbocycles. The largest absolute Gasteiger partial charge is 0.462 e. The van der Waals surface area contributed by atoms with Gasteiger partial charge in [-0.25, -0.2) is 0 Å². The number of nitrogens with one attached hydrogen (secondary N) is 1. The highest BCUT2D eigenvalue weighted by molar-refractivity contribution is 5.77. The number of carbonyl (C=O) groups is 2. The Bertz CT molecular complexity index is 1130. The van der Waals surface area contributed by atoms with E-state index < -0.39 is 18.2 Å². The molecule has 0 fully saturated rings. The van der Waals surface area contributed by atoms with E-state index in [-0.39, 0.29) is 24.9 Å². The highest BCUT2D eigenvalue weighted by atomic mass is 16.5. The molecule has 0 aliphatic rings. The maximum atomic E-state index is 13.2. The Morgan fingerprint density at radius 1 is 0.492 bits per heavy atom. The number of rotatable bonds is 48. The number of allylic oxidation sites excluding steroid dienone is 10. The molecule has 3 N–H and O–H groups in total. The van der Waals surface area contributed by atoms with Crippen molar-refractivity contribution < 1.29 is 24.5 Å². The molecule has 0 saturated heterocycles. The highest BCUT2D eigenvalue weighted by Gasteiger charge is 2.24. The summed E-state index contributed by atoms with van der Waals surface area (Å²) in [7, 11) is 0. The molecule has 0 saturated carbocycles. The molecule has 0 aliphatic heterocycles. The number of hydrogen-bond donors (Lipinski definition) is 3. The third-order valence-corrected chi connectivity index (χ3v) is 12.1. The van der Waals surface area contributed by atoms with Gasteiger partial charge in [-0.3, -0.25) is 9.59 Å². The van der Waals surface area contributed by atoms with Crippen LogP contribution in [0.15, 0.2) is 60.8 Å². The van der Waals surface area contributed by atoms with Crippen molar-refractivity contribution in [1.29, 1.82) is 0 Å². The molecule has 0 aromatic carbocycles. The predicted octanol–water partition coefficient (Wildman–Crippen LogP) is 16.4. The summed E-state index contributed by atoms with van der Waals surface area (Å²) in [5.41, 5.74) is 0. The van der Waals surface area contributed by atoms with Crippen LogP contribution in [0.1, 0.15) is 265 Å². The summed E-state index contributed by atoms with van der Waals surface area (Å²) in [5, 5.41) is 23.8. The van der Waals surface area contributed by atoms with Crippen molar-refractivity contribution in [2.75, 3.05) is 6.61 Å². The van der Waals surface area contributed by atoms with E-state index in [1.165, 1.54) is 122 Å². The smallest absolute Gasteiger partial charge is 0.306 e. The second-order valence-corrected chi connectivity index (χ2v) is 18.3. The molecule has 6 heteroatoms. The van der Waals surface area contributed by atoms with E-state index in [1.54, 1.807) is 0 Å². The lowest BCUT2D eigenvalue weighted by Gasteiger charge is -2.24. The van der Waals surface area contributed by atoms with Gasteiger partial charge in [0.15, 0.2) is 0 Å².